The molecule has 0 aliphatic rings. The highest BCUT2D eigenvalue weighted by Gasteiger charge is 2.20. The number of aliphatic hydroxyl groups excluding tert-OH is 2. The third-order valence-corrected chi connectivity index (χ3v) is 17.4. The van der Waals surface area contributed by atoms with E-state index in [9.17, 15) is 19.8 Å². The van der Waals surface area contributed by atoms with E-state index in [0.717, 1.165) is 51.4 Å². The van der Waals surface area contributed by atoms with Gasteiger partial charge in [-0.2, -0.15) is 0 Å². The molecule has 0 rings (SSSR count). The molecule has 0 fully saturated rings. The maximum Gasteiger partial charge on any atom is 0.305 e. The van der Waals surface area contributed by atoms with Crippen molar-refractivity contribution in [1.29, 1.82) is 0 Å². The normalized spacial score (nSPS) is 12.7. The van der Waals surface area contributed by atoms with E-state index in [1.165, 1.54) is 327 Å². The van der Waals surface area contributed by atoms with Crippen LogP contribution in [0.25, 0.3) is 0 Å². The molecule has 0 radical (unpaired) electrons. The molecule has 1 amide bonds. The van der Waals surface area contributed by atoms with Crippen LogP contribution in [-0.2, 0) is 14.3 Å². The van der Waals surface area contributed by atoms with E-state index in [2.05, 4.69) is 55.6 Å². The van der Waals surface area contributed by atoms with E-state index in [4.69, 9.17) is 4.74 Å². The molecule has 0 aliphatic carbocycles. The number of amides is 1. The number of allylic oxidation sites excluding steroid dienone is 6. The Labute approximate surface area is 513 Å². The average molecular weight is 1150 g/mol. The van der Waals surface area contributed by atoms with Gasteiger partial charge in [0, 0.05) is 12.8 Å². The van der Waals surface area contributed by atoms with E-state index < -0.39 is 12.1 Å². The zero-order chi connectivity index (χ0) is 59.2. The summed E-state index contributed by atoms with van der Waals surface area (Å²) in [6.07, 6.45) is 92.3. The number of ether oxygens (including phenoxy) is 1. The van der Waals surface area contributed by atoms with Crippen LogP contribution in [0.1, 0.15) is 412 Å². The standard InChI is InChI=1S/C76H145NO5/c1-3-5-7-9-11-13-15-16-17-39-43-46-50-54-58-62-66-70-76(81)82-71-67-63-59-55-51-47-44-41-38-36-34-32-30-28-26-24-22-20-18-19-21-23-25-27-29-31-33-35-37-40-42-45-49-53-57-61-65-69-75(80)77-73(72-78)74(79)68-64-60-56-52-48-14-12-10-8-6-4-2/h16-18,20,24,26,73-74,78-79H,3-15,19,21-23,25,27-72H2,1-2H3,(H,77,80)/b17-16-,20-18-,26-24-. The summed E-state index contributed by atoms with van der Waals surface area (Å²) in [5, 5.41) is 23.2. The number of carbonyl (C=O) groups excluding carboxylic acids is 2. The topological polar surface area (TPSA) is 95.9 Å². The molecule has 0 aromatic heterocycles. The molecule has 0 aliphatic heterocycles. The van der Waals surface area contributed by atoms with Gasteiger partial charge in [-0.15, -0.1) is 0 Å². The molecule has 0 bridgehead atoms. The van der Waals surface area contributed by atoms with E-state index in [1.54, 1.807) is 0 Å². The summed E-state index contributed by atoms with van der Waals surface area (Å²) in [5.74, 6) is -0.0156. The maximum absolute atomic E-state index is 12.5. The van der Waals surface area contributed by atoms with Crippen LogP contribution in [-0.4, -0.2) is 47.4 Å². The number of nitrogens with one attached hydrogen (secondary N) is 1. The maximum atomic E-state index is 12.5. The highest BCUT2D eigenvalue weighted by Crippen LogP contribution is 2.19. The lowest BCUT2D eigenvalue weighted by Crippen LogP contribution is -2.45. The minimum absolute atomic E-state index is 0.0159. The lowest BCUT2D eigenvalue weighted by atomic mass is 10.0. The molecule has 2 unspecified atom stereocenters. The van der Waals surface area contributed by atoms with E-state index in [-0.39, 0.29) is 18.5 Å². The summed E-state index contributed by atoms with van der Waals surface area (Å²) >= 11 is 0. The predicted octanol–water partition coefficient (Wildman–Crippen LogP) is 24.3. The Balaban J connectivity index is 3.33. The summed E-state index contributed by atoms with van der Waals surface area (Å²) in [6, 6.07) is -0.538. The van der Waals surface area contributed by atoms with Gasteiger partial charge in [-0.3, -0.25) is 9.59 Å². The zero-order valence-corrected chi connectivity index (χ0v) is 55.5. The van der Waals surface area contributed by atoms with Gasteiger partial charge in [0.25, 0.3) is 0 Å². The van der Waals surface area contributed by atoms with Gasteiger partial charge in [-0.05, 0) is 83.5 Å². The first-order valence-corrected chi connectivity index (χ1v) is 37.2. The summed E-state index contributed by atoms with van der Waals surface area (Å²) in [6.45, 7) is 4.97. The summed E-state index contributed by atoms with van der Waals surface area (Å²) < 4.78 is 5.50. The van der Waals surface area contributed by atoms with Crippen molar-refractivity contribution in [2.75, 3.05) is 13.2 Å². The van der Waals surface area contributed by atoms with Crippen molar-refractivity contribution in [2.45, 2.75) is 424 Å². The van der Waals surface area contributed by atoms with Gasteiger partial charge in [0.1, 0.15) is 0 Å². The molecular formula is C76H145NO5. The predicted molar refractivity (Wildman–Crippen MR) is 361 cm³/mol. The number of esters is 1. The minimum atomic E-state index is -0.661. The van der Waals surface area contributed by atoms with Crippen LogP contribution < -0.4 is 5.32 Å². The lowest BCUT2D eigenvalue weighted by molar-refractivity contribution is -0.143. The summed E-state index contributed by atoms with van der Waals surface area (Å²) in [4.78, 5) is 24.6. The molecule has 0 saturated carbocycles. The Kier molecular flexibility index (Phi) is 69.9. The van der Waals surface area contributed by atoms with Crippen LogP contribution in [0, 0.1) is 0 Å². The molecule has 6 heteroatoms. The number of unbranched alkanes of at least 4 members (excludes halogenated alkanes) is 53. The largest absolute Gasteiger partial charge is 0.466 e. The van der Waals surface area contributed by atoms with Crippen molar-refractivity contribution < 1.29 is 24.5 Å². The second kappa shape index (κ2) is 71.6. The third kappa shape index (κ3) is 67.2. The van der Waals surface area contributed by atoms with Crippen LogP contribution >= 0.6 is 0 Å². The Morgan fingerprint density at radius 3 is 0.939 bits per heavy atom. The van der Waals surface area contributed by atoms with Crippen molar-refractivity contribution in [3.05, 3.63) is 36.5 Å². The SMILES string of the molecule is CCCCCCCC/C=C\CCCCCCCCCC(=O)OCCCCCCCCCCCCCCC/C=C\C/C=C\CCCCCCCCCCCCCCCCCCCC(=O)NC(CO)C(O)CCCCCCCCCCCCC. The number of hydrogen-bond donors (Lipinski definition) is 3. The van der Waals surface area contributed by atoms with Crippen LogP contribution in [0.15, 0.2) is 36.5 Å². The smallest absolute Gasteiger partial charge is 0.305 e. The lowest BCUT2D eigenvalue weighted by Gasteiger charge is -2.22. The molecule has 3 N–H and O–H groups in total. The number of aliphatic hydroxyl groups is 2. The molecule has 484 valence electrons. The highest BCUT2D eigenvalue weighted by molar-refractivity contribution is 5.76. The fourth-order valence-electron chi connectivity index (χ4n) is 11.7. The molecule has 2 atom stereocenters. The van der Waals surface area contributed by atoms with Crippen LogP contribution in [0.4, 0.5) is 0 Å². The van der Waals surface area contributed by atoms with Gasteiger partial charge in [0.15, 0.2) is 0 Å². The van der Waals surface area contributed by atoms with Crippen molar-refractivity contribution in [2.24, 2.45) is 0 Å². The Bertz CT molecular complexity index is 1330. The molecule has 0 aromatic carbocycles. The first-order chi connectivity index (χ1) is 40.5. The minimum Gasteiger partial charge on any atom is -0.466 e. The Morgan fingerprint density at radius 2 is 0.610 bits per heavy atom. The van der Waals surface area contributed by atoms with Crippen molar-refractivity contribution in [1.82, 2.24) is 5.32 Å². The molecule has 82 heavy (non-hydrogen) atoms. The van der Waals surface area contributed by atoms with Crippen molar-refractivity contribution in [3.8, 4) is 0 Å². The summed E-state index contributed by atoms with van der Waals surface area (Å²) in [7, 11) is 0. The Hall–Kier alpha value is -1.92. The number of carbonyl (C=O) groups is 2. The molecule has 6 nitrogen and oxygen atoms in total. The van der Waals surface area contributed by atoms with Crippen molar-refractivity contribution in [3.63, 3.8) is 0 Å². The van der Waals surface area contributed by atoms with Gasteiger partial charge in [0.05, 0.1) is 25.4 Å². The quantitative estimate of drug-likeness (QED) is 0.0320. The molecule has 0 saturated heterocycles. The number of rotatable bonds is 70. The van der Waals surface area contributed by atoms with Gasteiger partial charge in [-0.1, -0.05) is 352 Å². The molecule has 0 aromatic rings. The van der Waals surface area contributed by atoms with E-state index in [0.29, 0.717) is 25.9 Å². The molecule has 0 heterocycles. The first-order valence-electron chi connectivity index (χ1n) is 37.2. The third-order valence-electron chi connectivity index (χ3n) is 17.4. The van der Waals surface area contributed by atoms with Crippen molar-refractivity contribution >= 4 is 11.9 Å². The van der Waals surface area contributed by atoms with Crippen LogP contribution in [0.3, 0.4) is 0 Å². The Morgan fingerprint density at radius 1 is 0.341 bits per heavy atom. The average Bonchev–Trinajstić information content (AvgIpc) is 3.48. The number of hydrogen-bond acceptors (Lipinski definition) is 5. The summed E-state index contributed by atoms with van der Waals surface area (Å²) in [5.41, 5.74) is 0. The fraction of sp³-hybridized carbons (Fsp3) is 0.895. The van der Waals surface area contributed by atoms with Gasteiger partial charge >= 0.3 is 5.97 Å². The second-order valence-corrected chi connectivity index (χ2v) is 25.6. The van der Waals surface area contributed by atoms with Crippen LogP contribution in [0.2, 0.25) is 0 Å². The van der Waals surface area contributed by atoms with Gasteiger partial charge < -0.3 is 20.3 Å². The molecular weight excluding hydrogens is 1010 g/mol. The monoisotopic (exact) mass is 1150 g/mol. The second-order valence-electron chi connectivity index (χ2n) is 25.6. The fourth-order valence-corrected chi connectivity index (χ4v) is 11.7. The van der Waals surface area contributed by atoms with Gasteiger partial charge in [0.2, 0.25) is 5.91 Å². The van der Waals surface area contributed by atoms with Gasteiger partial charge in [-0.25, -0.2) is 0 Å². The molecule has 0 spiro atoms. The zero-order valence-electron chi connectivity index (χ0n) is 55.5. The van der Waals surface area contributed by atoms with Crippen LogP contribution in [0.5, 0.6) is 0 Å². The van der Waals surface area contributed by atoms with E-state index >= 15 is 0 Å². The first kappa shape index (κ1) is 80.1. The highest BCUT2D eigenvalue weighted by atomic mass is 16.5. The van der Waals surface area contributed by atoms with E-state index in [1.807, 2.05) is 0 Å².